The van der Waals surface area contributed by atoms with Crippen LogP contribution in [0.25, 0.3) is 0 Å². The molecule has 0 saturated heterocycles. The van der Waals surface area contributed by atoms with Crippen LogP contribution >= 0.6 is 27.5 Å². The summed E-state index contributed by atoms with van der Waals surface area (Å²) < 4.78 is 5.53. The molecular formula is C13H16BrClO3. The van der Waals surface area contributed by atoms with Crippen LogP contribution in [0.5, 0.6) is 5.75 Å². The molecular weight excluding hydrogens is 319 g/mol. The Kier molecular flexibility index (Phi) is 6.50. The van der Waals surface area contributed by atoms with Crippen molar-refractivity contribution in [2.24, 2.45) is 0 Å². The molecule has 1 rings (SSSR count). The number of alkyl halides is 1. The molecule has 0 radical (unpaired) electrons. The maximum Gasteiger partial charge on any atom is 0.310 e. The number of hydrogen-bond acceptors (Lipinski definition) is 2. The minimum absolute atomic E-state index is 0.458. The van der Waals surface area contributed by atoms with Crippen molar-refractivity contribution in [3.63, 3.8) is 0 Å². The van der Waals surface area contributed by atoms with Gasteiger partial charge in [-0.25, -0.2) is 0 Å². The van der Waals surface area contributed by atoms with E-state index in [0.29, 0.717) is 22.9 Å². The molecule has 0 aromatic heterocycles. The average Bonchev–Trinajstić information content (AvgIpc) is 2.35. The molecule has 0 heterocycles. The Bertz CT molecular complexity index is 409. The SMILES string of the molecule is CC(C(=O)O)c1ccc(OCCCCBr)c(Cl)c1. The highest BCUT2D eigenvalue weighted by Gasteiger charge is 2.15. The number of carboxylic acid groups (broad SMARTS) is 1. The minimum Gasteiger partial charge on any atom is -0.492 e. The van der Waals surface area contributed by atoms with E-state index in [4.69, 9.17) is 21.4 Å². The zero-order chi connectivity index (χ0) is 13.5. The summed E-state index contributed by atoms with van der Waals surface area (Å²) in [5.74, 6) is -0.824. The monoisotopic (exact) mass is 334 g/mol. The zero-order valence-electron chi connectivity index (χ0n) is 10.2. The predicted molar refractivity (Wildman–Crippen MR) is 76.0 cm³/mol. The number of carbonyl (C=O) groups is 1. The number of aliphatic carboxylic acids is 1. The molecule has 100 valence electrons. The fourth-order valence-electron chi connectivity index (χ4n) is 1.42. The molecule has 1 aromatic rings. The van der Waals surface area contributed by atoms with Gasteiger partial charge in [-0.15, -0.1) is 0 Å². The van der Waals surface area contributed by atoms with Crippen molar-refractivity contribution in [2.45, 2.75) is 25.7 Å². The number of unbranched alkanes of at least 4 members (excludes halogenated alkanes) is 1. The Hall–Kier alpha value is -0.740. The van der Waals surface area contributed by atoms with Crippen molar-refractivity contribution in [3.8, 4) is 5.75 Å². The number of halogens is 2. The highest BCUT2D eigenvalue weighted by atomic mass is 79.9. The van der Waals surface area contributed by atoms with Gasteiger partial charge in [-0.2, -0.15) is 0 Å². The number of carboxylic acids is 1. The molecule has 18 heavy (non-hydrogen) atoms. The van der Waals surface area contributed by atoms with Crippen LogP contribution in [-0.2, 0) is 4.79 Å². The summed E-state index contributed by atoms with van der Waals surface area (Å²) in [6, 6.07) is 5.12. The largest absolute Gasteiger partial charge is 0.492 e. The van der Waals surface area contributed by atoms with Crippen molar-refractivity contribution in [2.75, 3.05) is 11.9 Å². The van der Waals surface area contributed by atoms with Gasteiger partial charge in [0.25, 0.3) is 0 Å². The van der Waals surface area contributed by atoms with Gasteiger partial charge in [0.2, 0.25) is 0 Å². The summed E-state index contributed by atoms with van der Waals surface area (Å²) in [5.41, 5.74) is 0.681. The molecule has 5 heteroatoms. The fraction of sp³-hybridized carbons (Fsp3) is 0.462. The van der Waals surface area contributed by atoms with Crippen molar-refractivity contribution in [1.29, 1.82) is 0 Å². The lowest BCUT2D eigenvalue weighted by Crippen LogP contribution is -2.07. The van der Waals surface area contributed by atoms with E-state index in [2.05, 4.69) is 15.9 Å². The van der Waals surface area contributed by atoms with Crippen LogP contribution in [-0.4, -0.2) is 23.0 Å². The first-order valence-corrected chi connectivity index (χ1v) is 7.27. The van der Waals surface area contributed by atoms with E-state index in [1.54, 1.807) is 25.1 Å². The van der Waals surface area contributed by atoms with Gasteiger partial charge in [0, 0.05) is 5.33 Å². The highest BCUT2D eigenvalue weighted by Crippen LogP contribution is 2.28. The van der Waals surface area contributed by atoms with Gasteiger partial charge >= 0.3 is 5.97 Å². The smallest absolute Gasteiger partial charge is 0.310 e. The van der Waals surface area contributed by atoms with Crippen LogP contribution in [0.3, 0.4) is 0 Å². The second-order valence-corrected chi connectivity index (χ2v) is 5.19. The lowest BCUT2D eigenvalue weighted by atomic mass is 10.0. The van der Waals surface area contributed by atoms with Crippen molar-refractivity contribution in [1.82, 2.24) is 0 Å². The van der Waals surface area contributed by atoms with Crippen molar-refractivity contribution in [3.05, 3.63) is 28.8 Å². The van der Waals surface area contributed by atoms with Gasteiger partial charge in [-0.1, -0.05) is 33.6 Å². The van der Waals surface area contributed by atoms with E-state index in [0.717, 1.165) is 18.2 Å². The van der Waals surface area contributed by atoms with E-state index in [1.807, 2.05) is 0 Å². The third-order valence-corrected chi connectivity index (χ3v) is 3.47. The predicted octanol–water partition coefficient (Wildman–Crippen LogP) is 4.08. The molecule has 1 N–H and O–H groups in total. The topological polar surface area (TPSA) is 46.5 Å². The molecule has 1 aromatic carbocycles. The number of ether oxygens (including phenoxy) is 1. The summed E-state index contributed by atoms with van der Waals surface area (Å²) in [6.07, 6.45) is 2.00. The van der Waals surface area contributed by atoms with E-state index >= 15 is 0 Å². The van der Waals surface area contributed by atoms with Gasteiger partial charge in [-0.05, 0) is 37.5 Å². The van der Waals surface area contributed by atoms with Gasteiger partial charge in [0.1, 0.15) is 5.75 Å². The van der Waals surface area contributed by atoms with Gasteiger partial charge in [-0.3, -0.25) is 4.79 Å². The molecule has 1 atom stereocenters. The molecule has 1 unspecified atom stereocenters. The van der Waals surface area contributed by atoms with Gasteiger partial charge in [0.05, 0.1) is 17.5 Å². The minimum atomic E-state index is -0.864. The van der Waals surface area contributed by atoms with Crippen LogP contribution in [0.4, 0.5) is 0 Å². The highest BCUT2D eigenvalue weighted by molar-refractivity contribution is 9.09. The molecule has 0 fully saturated rings. The summed E-state index contributed by atoms with van der Waals surface area (Å²) in [5, 5.41) is 10.3. The van der Waals surface area contributed by atoms with Gasteiger partial charge < -0.3 is 9.84 Å². The first-order valence-electron chi connectivity index (χ1n) is 5.77. The fourth-order valence-corrected chi connectivity index (χ4v) is 2.06. The molecule has 0 bridgehead atoms. The van der Waals surface area contributed by atoms with E-state index < -0.39 is 11.9 Å². The first-order chi connectivity index (χ1) is 8.56. The molecule has 3 nitrogen and oxygen atoms in total. The third kappa shape index (κ3) is 4.50. The maximum atomic E-state index is 10.9. The summed E-state index contributed by atoms with van der Waals surface area (Å²) in [4.78, 5) is 10.9. The summed E-state index contributed by atoms with van der Waals surface area (Å²) in [7, 11) is 0. The maximum absolute atomic E-state index is 10.9. The Morgan fingerprint density at radius 2 is 2.22 bits per heavy atom. The Labute approximate surface area is 120 Å². The van der Waals surface area contributed by atoms with Crippen LogP contribution in [0.1, 0.15) is 31.2 Å². The first kappa shape index (κ1) is 15.3. The summed E-state index contributed by atoms with van der Waals surface area (Å²) >= 11 is 9.42. The lowest BCUT2D eigenvalue weighted by molar-refractivity contribution is -0.138. The third-order valence-electron chi connectivity index (χ3n) is 2.61. The summed E-state index contributed by atoms with van der Waals surface area (Å²) in [6.45, 7) is 2.24. The van der Waals surface area contributed by atoms with Crippen LogP contribution in [0, 0.1) is 0 Å². The molecule has 0 spiro atoms. The molecule has 0 aliphatic rings. The van der Waals surface area contributed by atoms with E-state index in [9.17, 15) is 4.79 Å². The Balaban J connectivity index is 2.65. The Morgan fingerprint density at radius 1 is 1.50 bits per heavy atom. The molecule has 0 aliphatic carbocycles. The molecule has 0 aliphatic heterocycles. The second-order valence-electron chi connectivity index (χ2n) is 3.99. The number of benzene rings is 1. The van der Waals surface area contributed by atoms with E-state index in [-0.39, 0.29) is 0 Å². The Morgan fingerprint density at radius 3 is 2.78 bits per heavy atom. The number of rotatable bonds is 7. The van der Waals surface area contributed by atoms with Gasteiger partial charge in [0.15, 0.2) is 0 Å². The van der Waals surface area contributed by atoms with Crippen LogP contribution < -0.4 is 4.74 Å². The van der Waals surface area contributed by atoms with Crippen LogP contribution in [0.15, 0.2) is 18.2 Å². The lowest BCUT2D eigenvalue weighted by Gasteiger charge is -2.11. The molecule has 0 saturated carbocycles. The van der Waals surface area contributed by atoms with E-state index in [1.165, 1.54) is 0 Å². The van der Waals surface area contributed by atoms with Crippen LogP contribution in [0.2, 0.25) is 5.02 Å². The average molecular weight is 336 g/mol. The molecule has 0 amide bonds. The standard InChI is InChI=1S/C13H16BrClO3/c1-9(13(16)17)10-4-5-12(11(15)8-10)18-7-3-2-6-14/h4-5,8-9H,2-3,6-7H2,1H3,(H,16,17). The number of hydrogen-bond donors (Lipinski definition) is 1. The van der Waals surface area contributed by atoms with Crippen molar-refractivity contribution >= 4 is 33.5 Å². The zero-order valence-corrected chi connectivity index (χ0v) is 12.5. The second kappa shape index (κ2) is 7.64. The van der Waals surface area contributed by atoms with Crippen molar-refractivity contribution < 1.29 is 14.6 Å². The quantitative estimate of drug-likeness (QED) is 0.603. The normalized spacial score (nSPS) is 12.2.